The first-order chi connectivity index (χ1) is 6.95. The summed E-state index contributed by atoms with van der Waals surface area (Å²) in [6.07, 6.45) is 2.01. The topological polar surface area (TPSA) is 15.3 Å². The van der Waals surface area contributed by atoms with Gasteiger partial charge in [-0.05, 0) is 45.7 Å². The Balaban J connectivity index is 2.45. The van der Waals surface area contributed by atoms with E-state index in [2.05, 4.69) is 44.5 Å². The SMILES string of the molecule is C=CCN(CC(C)C1CNC1)C(C)(C)C. The van der Waals surface area contributed by atoms with E-state index in [0.717, 1.165) is 18.4 Å². The second-order valence-electron chi connectivity index (χ2n) is 5.76. The molecule has 0 aliphatic carbocycles. The van der Waals surface area contributed by atoms with Crippen LogP contribution in [0.15, 0.2) is 12.7 Å². The molecular formula is C13H26N2. The van der Waals surface area contributed by atoms with E-state index in [1.54, 1.807) is 0 Å². The van der Waals surface area contributed by atoms with Crippen molar-refractivity contribution < 1.29 is 0 Å². The van der Waals surface area contributed by atoms with Crippen molar-refractivity contribution in [2.75, 3.05) is 26.2 Å². The molecule has 15 heavy (non-hydrogen) atoms. The molecule has 1 aliphatic rings. The van der Waals surface area contributed by atoms with Gasteiger partial charge in [0.1, 0.15) is 0 Å². The molecule has 1 saturated heterocycles. The molecule has 2 heteroatoms. The molecule has 0 aromatic carbocycles. The zero-order valence-corrected chi connectivity index (χ0v) is 10.7. The molecule has 0 aromatic heterocycles. The average Bonchev–Trinajstić information content (AvgIpc) is 1.98. The van der Waals surface area contributed by atoms with Crippen molar-refractivity contribution in [3.63, 3.8) is 0 Å². The number of nitrogens with one attached hydrogen (secondary N) is 1. The molecule has 88 valence electrons. The molecule has 1 rings (SSSR count). The maximum absolute atomic E-state index is 3.85. The van der Waals surface area contributed by atoms with Crippen LogP contribution >= 0.6 is 0 Å². The van der Waals surface area contributed by atoms with Crippen LogP contribution in [0, 0.1) is 11.8 Å². The molecule has 1 aliphatic heterocycles. The maximum Gasteiger partial charge on any atom is 0.0165 e. The van der Waals surface area contributed by atoms with Gasteiger partial charge in [-0.25, -0.2) is 0 Å². The van der Waals surface area contributed by atoms with Crippen LogP contribution in [-0.4, -0.2) is 36.6 Å². The van der Waals surface area contributed by atoms with Gasteiger partial charge in [-0.2, -0.15) is 0 Å². The second kappa shape index (κ2) is 5.13. The molecule has 1 fully saturated rings. The number of rotatable bonds is 5. The van der Waals surface area contributed by atoms with Crippen molar-refractivity contribution in [3.8, 4) is 0 Å². The Morgan fingerprint density at radius 2 is 2.07 bits per heavy atom. The van der Waals surface area contributed by atoms with Crippen molar-refractivity contribution in [2.24, 2.45) is 11.8 Å². The third kappa shape index (κ3) is 3.62. The van der Waals surface area contributed by atoms with Gasteiger partial charge >= 0.3 is 0 Å². The fraction of sp³-hybridized carbons (Fsp3) is 0.846. The van der Waals surface area contributed by atoms with E-state index in [4.69, 9.17) is 0 Å². The Morgan fingerprint density at radius 1 is 1.47 bits per heavy atom. The van der Waals surface area contributed by atoms with E-state index < -0.39 is 0 Å². The molecule has 2 nitrogen and oxygen atoms in total. The predicted molar refractivity (Wildman–Crippen MR) is 67.0 cm³/mol. The lowest BCUT2D eigenvalue weighted by molar-refractivity contribution is 0.101. The van der Waals surface area contributed by atoms with Gasteiger partial charge in [0, 0.05) is 18.6 Å². The smallest absolute Gasteiger partial charge is 0.0165 e. The van der Waals surface area contributed by atoms with Crippen molar-refractivity contribution in [1.29, 1.82) is 0 Å². The van der Waals surface area contributed by atoms with Crippen LogP contribution in [0.3, 0.4) is 0 Å². The summed E-state index contributed by atoms with van der Waals surface area (Å²) in [4.78, 5) is 2.52. The Kier molecular flexibility index (Phi) is 4.35. The highest BCUT2D eigenvalue weighted by molar-refractivity contribution is 4.87. The Morgan fingerprint density at radius 3 is 2.40 bits per heavy atom. The van der Waals surface area contributed by atoms with E-state index >= 15 is 0 Å². The second-order valence-corrected chi connectivity index (χ2v) is 5.76. The minimum atomic E-state index is 0.250. The van der Waals surface area contributed by atoms with Gasteiger partial charge in [0.05, 0.1) is 0 Å². The van der Waals surface area contributed by atoms with Gasteiger partial charge in [-0.15, -0.1) is 6.58 Å². The van der Waals surface area contributed by atoms with E-state index in [1.807, 2.05) is 6.08 Å². The monoisotopic (exact) mass is 210 g/mol. The number of nitrogens with zero attached hydrogens (tertiary/aromatic N) is 1. The lowest BCUT2D eigenvalue weighted by Gasteiger charge is -2.41. The molecule has 0 spiro atoms. The van der Waals surface area contributed by atoms with Crippen LogP contribution in [-0.2, 0) is 0 Å². The Hall–Kier alpha value is -0.340. The van der Waals surface area contributed by atoms with Crippen LogP contribution in [0.4, 0.5) is 0 Å². The first-order valence-electron chi connectivity index (χ1n) is 6.02. The molecule has 1 N–H and O–H groups in total. The van der Waals surface area contributed by atoms with E-state index in [0.29, 0.717) is 0 Å². The molecule has 0 aromatic rings. The summed E-state index contributed by atoms with van der Waals surface area (Å²) in [5.41, 5.74) is 0.250. The third-order valence-electron chi connectivity index (χ3n) is 3.42. The molecule has 0 saturated carbocycles. The summed E-state index contributed by atoms with van der Waals surface area (Å²) < 4.78 is 0. The first kappa shape index (κ1) is 12.7. The third-order valence-corrected chi connectivity index (χ3v) is 3.42. The summed E-state index contributed by atoms with van der Waals surface area (Å²) in [6.45, 7) is 17.6. The standard InChI is InChI=1S/C13H26N2/c1-6-7-15(13(3,4)5)10-11(2)12-8-14-9-12/h6,11-12,14H,1,7-10H2,2-5H3. The van der Waals surface area contributed by atoms with Gasteiger partial charge in [0.25, 0.3) is 0 Å². The summed E-state index contributed by atoms with van der Waals surface area (Å²) in [7, 11) is 0. The van der Waals surface area contributed by atoms with Crippen LogP contribution < -0.4 is 5.32 Å². The van der Waals surface area contributed by atoms with Crippen LogP contribution in [0.25, 0.3) is 0 Å². The molecule has 0 bridgehead atoms. The molecule has 1 atom stereocenters. The highest BCUT2D eigenvalue weighted by atomic mass is 15.2. The summed E-state index contributed by atoms with van der Waals surface area (Å²) >= 11 is 0. The van der Waals surface area contributed by atoms with Gasteiger partial charge in [-0.1, -0.05) is 13.0 Å². The fourth-order valence-corrected chi connectivity index (χ4v) is 1.99. The van der Waals surface area contributed by atoms with Gasteiger partial charge in [0.2, 0.25) is 0 Å². The molecule has 0 amide bonds. The van der Waals surface area contributed by atoms with Crippen LogP contribution in [0.5, 0.6) is 0 Å². The minimum Gasteiger partial charge on any atom is -0.316 e. The molecule has 1 unspecified atom stereocenters. The van der Waals surface area contributed by atoms with Crippen molar-refractivity contribution in [3.05, 3.63) is 12.7 Å². The highest BCUT2D eigenvalue weighted by Crippen LogP contribution is 2.21. The van der Waals surface area contributed by atoms with Crippen LogP contribution in [0.2, 0.25) is 0 Å². The zero-order chi connectivity index (χ0) is 11.5. The number of hydrogen-bond donors (Lipinski definition) is 1. The van der Waals surface area contributed by atoms with Crippen molar-refractivity contribution in [2.45, 2.75) is 33.2 Å². The largest absolute Gasteiger partial charge is 0.316 e. The van der Waals surface area contributed by atoms with E-state index in [-0.39, 0.29) is 5.54 Å². The molecular weight excluding hydrogens is 184 g/mol. The normalized spacial score (nSPS) is 20.1. The summed E-state index contributed by atoms with van der Waals surface area (Å²) in [5, 5.41) is 3.35. The van der Waals surface area contributed by atoms with Crippen molar-refractivity contribution >= 4 is 0 Å². The number of hydrogen-bond acceptors (Lipinski definition) is 2. The lowest BCUT2D eigenvalue weighted by Crippen LogP contribution is -2.51. The fourth-order valence-electron chi connectivity index (χ4n) is 1.99. The lowest BCUT2D eigenvalue weighted by atomic mass is 9.87. The van der Waals surface area contributed by atoms with Gasteiger partial charge in [-0.3, -0.25) is 4.90 Å². The van der Waals surface area contributed by atoms with E-state index in [9.17, 15) is 0 Å². The van der Waals surface area contributed by atoms with Crippen molar-refractivity contribution in [1.82, 2.24) is 10.2 Å². The van der Waals surface area contributed by atoms with Gasteiger partial charge < -0.3 is 5.32 Å². The molecule has 0 radical (unpaired) electrons. The van der Waals surface area contributed by atoms with E-state index in [1.165, 1.54) is 19.6 Å². The average molecular weight is 210 g/mol. The highest BCUT2D eigenvalue weighted by Gasteiger charge is 2.28. The quantitative estimate of drug-likeness (QED) is 0.699. The minimum absolute atomic E-state index is 0.250. The van der Waals surface area contributed by atoms with Gasteiger partial charge in [0.15, 0.2) is 0 Å². The summed E-state index contributed by atoms with van der Waals surface area (Å²) in [5.74, 6) is 1.66. The zero-order valence-electron chi connectivity index (χ0n) is 10.7. The molecule has 1 heterocycles. The van der Waals surface area contributed by atoms with Crippen LogP contribution in [0.1, 0.15) is 27.7 Å². The summed E-state index contributed by atoms with van der Waals surface area (Å²) in [6, 6.07) is 0. The Labute approximate surface area is 94.7 Å². The predicted octanol–water partition coefficient (Wildman–Crippen LogP) is 2.13. The maximum atomic E-state index is 3.85. The first-order valence-corrected chi connectivity index (χ1v) is 6.02. The Bertz CT molecular complexity index is 201.